The van der Waals surface area contributed by atoms with Gasteiger partial charge in [-0.15, -0.1) is 5.10 Å². The quantitative estimate of drug-likeness (QED) is 0.613. The maximum Gasteiger partial charge on any atom is 0.105 e. The van der Waals surface area contributed by atoms with Crippen LogP contribution in [0.3, 0.4) is 0 Å². The predicted molar refractivity (Wildman–Crippen MR) is 42.4 cm³/mol. The van der Waals surface area contributed by atoms with Crippen LogP contribution < -0.4 is 0 Å². The molecule has 0 spiro atoms. The minimum atomic E-state index is 0. The highest BCUT2D eigenvalue weighted by molar-refractivity contribution is 7.12. The Balaban J connectivity index is 0.000000500. The molecule has 0 atom stereocenters. The maximum absolute atomic E-state index is 3.89. The summed E-state index contributed by atoms with van der Waals surface area (Å²) in [6.45, 7) is 0. The molecule has 2 nitrogen and oxygen atoms in total. The zero-order valence-corrected chi connectivity index (χ0v) is 6.25. The minimum Gasteiger partial charge on any atom is -0.269 e. The van der Waals surface area contributed by atoms with Gasteiger partial charge in [0.05, 0.1) is 4.70 Å². The lowest BCUT2D eigenvalue weighted by Crippen LogP contribution is -1.63. The van der Waals surface area contributed by atoms with Crippen molar-refractivity contribution in [2.75, 3.05) is 0 Å². The lowest BCUT2D eigenvalue weighted by Gasteiger charge is -1.78. The molecule has 0 saturated heterocycles. The Morgan fingerprint density at radius 2 is 1.82 bits per heavy atom. The summed E-state index contributed by atoms with van der Waals surface area (Å²) >= 11 is 1.43. The predicted octanol–water partition coefficient (Wildman–Crippen LogP) is 2.00. The van der Waals surface area contributed by atoms with Crippen molar-refractivity contribution in [1.29, 1.82) is 0 Å². The Hall–Kier alpha value is -1.10. The number of aromatic nitrogens is 2. The van der Waals surface area contributed by atoms with E-state index in [0.29, 0.717) is 0 Å². The number of fused-ring (bicyclic) bond motifs is 1. The van der Waals surface area contributed by atoms with Crippen molar-refractivity contribution in [2.24, 2.45) is 0 Å². The van der Waals surface area contributed by atoms with Crippen molar-refractivity contribution < 1.29 is 9.41 Å². The smallest absolute Gasteiger partial charge is 0.105 e. The summed E-state index contributed by atoms with van der Waals surface area (Å²) in [6.07, 6.45) is 0. The summed E-state index contributed by atoms with van der Waals surface area (Å²) in [4.78, 5) is 0. The van der Waals surface area contributed by atoms with Gasteiger partial charge < -0.3 is 0 Å². The van der Waals surface area contributed by atoms with Crippen LogP contribution in [0.25, 0.3) is 10.2 Å². The molecule has 1 aromatic carbocycles. The van der Waals surface area contributed by atoms with E-state index in [0.717, 1.165) is 10.2 Å². The van der Waals surface area contributed by atoms with Gasteiger partial charge in [0.15, 0.2) is 0 Å². The van der Waals surface area contributed by atoms with Gasteiger partial charge in [0.2, 0.25) is 0 Å². The largest absolute Gasteiger partial charge is 0.269 e. The topological polar surface area (TPSA) is 25.8 Å². The summed E-state index contributed by atoms with van der Waals surface area (Å²) in [6, 6.07) is 7.92. The normalized spacial score (nSPS) is 8.36. The first-order valence-corrected chi connectivity index (χ1v) is 3.41. The first-order chi connectivity index (χ1) is 4.47. The summed E-state index contributed by atoms with van der Waals surface area (Å²) < 4.78 is 4.94. The standard InChI is InChI=1S/C6H4N2S.2FH/c1-2-4-6-5(3-1)7-8-9-6;;/h1-4H;2*1H. The van der Waals surface area contributed by atoms with Gasteiger partial charge in [-0.2, -0.15) is 0 Å². The highest BCUT2D eigenvalue weighted by Gasteiger charge is 1.91. The Morgan fingerprint density at radius 3 is 2.55 bits per heavy atom. The Labute approximate surface area is 65.8 Å². The first-order valence-electron chi connectivity index (χ1n) is 2.64. The molecule has 0 aliphatic carbocycles. The first kappa shape index (κ1) is 9.90. The van der Waals surface area contributed by atoms with Crippen LogP contribution >= 0.6 is 11.5 Å². The Bertz CT molecular complexity index is 293. The Kier molecular flexibility index (Phi) is 3.53. The number of hydrogen-bond donors (Lipinski definition) is 0. The van der Waals surface area contributed by atoms with Crippen molar-refractivity contribution in [3.8, 4) is 0 Å². The van der Waals surface area contributed by atoms with Crippen LogP contribution in [0.2, 0.25) is 0 Å². The van der Waals surface area contributed by atoms with Gasteiger partial charge >= 0.3 is 0 Å². The van der Waals surface area contributed by atoms with Gasteiger partial charge in [-0.25, -0.2) is 0 Å². The molecule has 1 heterocycles. The number of rotatable bonds is 0. The fourth-order valence-electron chi connectivity index (χ4n) is 0.725. The second-order valence-corrected chi connectivity index (χ2v) is 2.53. The monoisotopic (exact) mass is 176 g/mol. The molecule has 0 fully saturated rings. The number of benzene rings is 1. The van der Waals surface area contributed by atoms with Gasteiger partial charge in [-0.05, 0) is 23.7 Å². The van der Waals surface area contributed by atoms with Crippen molar-refractivity contribution in [1.82, 2.24) is 9.59 Å². The molecule has 11 heavy (non-hydrogen) atoms. The van der Waals surface area contributed by atoms with Crippen molar-refractivity contribution >= 4 is 21.7 Å². The lowest BCUT2D eigenvalue weighted by molar-refractivity contribution is 1.11. The van der Waals surface area contributed by atoms with E-state index < -0.39 is 0 Å². The molecule has 0 radical (unpaired) electrons. The summed E-state index contributed by atoms with van der Waals surface area (Å²) in [5, 5.41) is 3.89. The van der Waals surface area contributed by atoms with Crippen LogP contribution in [0.4, 0.5) is 9.41 Å². The van der Waals surface area contributed by atoms with E-state index in [4.69, 9.17) is 0 Å². The third kappa shape index (κ3) is 1.68. The Morgan fingerprint density at radius 1 is 1.09 bits per heavy atom. The van der Waals surface area contributed by atoms with Crippen LogP contribution in [-0.4, -0.2) is 9.59 Å². The van der Waals surface area contributed by atoms with Crippen molar-refractivity contribution in [2.45, 2.75) is 0 Å². The summed E-state index contributed by atoms with van der Waals surface area (Å²) in [5.74, 6) is 0. The van der Waals surface area contributed by atoms with Gasteiger partial charge in [0.25, 0.3) is 0 Å². The molecule has 0 aliphatic heterocycles. The van der Waals surface area contributed by atoms with E-state index in [-0.39, 0.29) is 9.41 Å². The van der Waals surface area contributed by atoms with E-state index in [1.807, 2.05) is 24.3 Å². The molecular weight excluding hydrogens is 170 g/mol. The highest BCUT2D eigenvalue weighted by atomic mass is 32.1. The zero-order chi connectivity index (χ0) is 6.10. The zero-order valence-electron chi connectivity index (χ0n) is 5.43. The van der Waals surface area contributed by atoms with Crippen molar-refractivity contribution in [3.05, 3.63) is 24.3 Å². The van der Waals surface area contributed by atoms with Gasteiger partial charge in [0.1, 0.15) is 5.52 Å². The van der Waals surface area contributed by atoms with E-state index in [1.165, 1.54) is 11.5 Å². The van der Waals surface area contributed by atoms with Crippen molar-refractivity contribution in [3.63, 3.8) is 0 Å². The highest BCUT2D eigenvalue weighted by Crippen LogP contribution is 2.12. The number of nitrogens with zero attached hydrogens (tertiary/aromatic N) is 2. The molecule has 0 aliphatic rings. The molecular formula is C6H6F2N2S. The van der Waals surface area contributed by atoms with Crippen LogP contribution in [0, 0.1) is 0 Å². The third-order valence-corrected chi connectivity index (χ3v) is 1.86. The number of hydrogen-bond acceptors (Lipinski definition) is 3. The summed E-state index contributed by atoms with van der Waals surface area (Å²) in [5.41, 5.74) is 0.988. The molecule has 0 saturated carbocycles. The van der Waals surface area contributed by atoms with Gasteiger partial charge in [-0.3, -0.25) is 9.41 Å². The van der Waals surface area contributed by atoms with E-state index >= 15 is 0 Å². The van der Waals surface area contributed by atoms with Crippen LogP contribution in [0.5, 0.6) is 0 Å². The average Bonchev–Trinajstić information content (AvgIpc) is 2.33. The molecule has 2 rings (SSSR count). The molecule has 0 bridgehead atoms. The molecule has 0 unspecified atom stereocenters. The van der Waals surface area contributed by atoms with Crippen LogP contribution in [0.1, 0.15) is 0 Å². The fourth-order valence-corrected chi connectivity index (χ4v) is 1.28. The van der Waals surface area contributed by atoms with Gasteiger partial charge in [0, 0.05) is 0 Å². The SMILES string of the molecule is F.F.c1ccc2snnc2c1. The van der Waals surface area contributed by atoms with Crippen LogP contribution in [0.15, 0.2) is 24.3 Å². The van der Waals surface area contributed by atoms with E-state index in [2.05, 4.69) is 9.59 Å². The maximum atomic E-state index is 3.89. The number of halogens is 2. The molecule has 5 heteroatoms. The van der Waals surface area contributed by atoms with Crippen LogP contribution in [-0.2, 0) is 0 Å². The lowest BCUT2D eigenvalue weighted by atomic mass is 10.3. The fraction of sp³-hybridized carbons (Fsp3) is 0. The molecule has 1 aromatic heterocycles. The van der Waals surface area contributed by atoms with E-state index in [1.54, 1.807) is 0 Å². The molecule has 0 N–H and O–H groups in total. The average molecular weight is 176 g/mol. The summed E-state index contributed by atoms with van der Waals surface area (Å²) in [7, 11) is 0. The molecule has 60 valence electrons. The third-order valence-electron chi connectivity index (χ3n) is 1.15. The molecule has 2 aromatic rings. The molecule has 0 amide bonds. The minimum absolute atomic E-state index is 0. The van der Waals surface area contributed by atoms with Gasteiger partial charge in [-0.1, -0.05) is 16.6 Å². The second-order valence-electron chi connectivity index (χ2n) is 1.74. The second kappa shape index (κ2) is 3.92. The van der Waals surface area contributed by atoms with E-state index in [9.17, 15) is 0 Å².